The zero-order valence-electron chi connectivity index (χ0n) is 15.2. The van der Waals surface area contributed by atoms with Crippen molar-refractivity contribution < 1.29 is 9.84 Å². The molecule has 0 spiro atoms. The molecule has 1 saturated carbocycles. The molecule has 26 heavy (non-hydrogen) atoms. The van der Waals surface area contributed by atoms with Crippen LogP contribution in [0.15, 0.2) is 36.7 Å². The zero-order chi connectivity index (χ0) is 18.4. The Morgan fingerprint density at radius 2 is 1.81 bits per heavy atom. The van der Waals surface area contributed by atoms with Crippen LogP contribution in [0.5, 0.6) is 0 Å². The van der Waals surface area contributed by atoms with Gasteiger partial charge in [0, 0.05) is 36.6 Å². The van der Waals surface area contributed by atoms with E-state index in [-0.39, 0.29) is 0 Å². The summed E-state index contributed by atoms with van der Waals surface area (Å²) in [5.41, 5.74) is 1.10. The molecule has 3 rings (SSSR count). The molecule has 1 aliphatic rings. The first-order valence-corrected chi connectivity index (χ1v) is 9.53. The minimum Gasteiger partial charge on any atom is -0.388 e. The second-order valence-corrected chi connectivity index (χ2v) is 7.35. The molecular formula is C20H26ClN3O2. The molecule has 6 heteroatoms. The van der Waals surface area contributed by atoms with Crippen molar-refractivity contribution in [2.45, 2.75) is 44.1 Å². The molecule has 1 aromatic carbocycles. The summed E-state index contributed by atoms with van der Waals surface area (Å²) in [7, 11) is 1.68. The van der Waals surface area contributed by atoms with Crippen molar-refractivity contribution in [2.24, 2.45) is 0 Å². The van der Waals surface area contributed by atoms with Gasteiger partial charge in [-0.25, -0.2) is 4.98 Å². The van der Waals surface area contributed by atoms with Gasteiger partial charge in [0.2, 0.25) is 0 Å². The molecule has 140 valence electrons. The molecule has 1 aliphatic carbocycles. The molecule has 0 aliphatic heterocycles. The van der Waals surface area contributed by atoms with Gasteiger partial charge in [0.15, 0.2) is 5.82 Å². The summed E-state index contributed by atoms with van der Waals surface area (Å²) in [6.45, 7) is 1.07. The summed E-state index contributed by atoms with van der Waals surface area (Å²) in [6, 6.07) is 7.65. The Bertz CT molecular complexity index is 702. The molecule has 0 bridgehead atoms. The number of methoxy groups -OCH3 is 1. The number of halogens is 1. The van der Waals surface area contributed by atoms with E-state index in [4.69, 9.17) is 16.3 Å². The second kappa shape index (κ2) is 8.80. The average Bonchev–Trinajstić information content (AvgIpc) is 2.66. The van der Waals surface area contributed by atoms with E-state index in [1.165, 1.54) is 6.42 Å². The van der Waals surface area contributed by atoms with Crippen molar-refractivity contribution in [3.8, 4) is 0 Å². The molecule has 5 nitrogen and oxygen atoms in total. The Kier molecular flexibility index (Phi) is 6.46. The number of hydrogen-bond donors (Lipinski definition) is 1. The maximum atomic E-state index is 11.1. The molecule has 0 unspecified atom stereocenters. The van der Waals surface area contributed by atoms with Gasteiger partial charge in [-0.05, 0) is 37.1 Å². The highest BCUT2D eigenvalue weighted by atomic mass is 35.5. The molecular weight excluding hydrogens is 350 g/mol. The Labute approximate surface area is 160 Å². The molecule has 0 atom stereocenters. The van der Waals surface area contributed by atoms with Crippen LogP contribution < -0.4 is 4.90 Å². The third-order valence-electron chi connectivity index (χ3n) is 4.93. The minimum atomic E-state index is -0.714. The zero-order valence-corrected chi connectivity index (χ0v) is 16.0. The number of rotatable bonds is 7. The van der Waals surface area contributed by atoms with Gasteiger partial charge in [-0.2, -0.15) is 0 Å². The van der Waals surface area contributed by atoms with E-state index < -0.39 is 5.60 Å². The minimum absolute atomic E-state index is 0.493. The van der Waals surface area contributed by atoms with Crippen LogP contribution in [-0.4, -0.2) is 40.9 Å². The largest absolute Gasteiger partial charge is 0.388 e. The van der Waals surface area contributed by atoms with Crippen molar-refractivity contribution in [3.05, 3.63) is 47.4 Å². The first-order chi connectivity index (χ1) is 12.6. The van der Waals surface area contributed by atoms with Crippen molar-refractivity contribution in [2.75, 3.05) is 25.2 Å². The second-order valence-electron chi connectivity index (χ2n) is 6.92. The van der Waals surface area contributed by atoms with Crippen molar-refractivity contribution in [1.29, 1.82) is 0 Å². The maximum Gasteiger partial charge on any atom is 0.154 e. The Morgan fingerprint density at radius 3 is 2.50 bits per heavy atom. The quantitative estimate of drug-likeness (QED) is 0.787. The summed E-state index contributed by atoms with van der Waals surface area (Å²) in [6.07, 6.45) is 8.98. The highest BCUT2D eigenvalue weighted by Gasteiger charge is 2.33. The number of hydrogen-bond acceptors (Lipinski definition) is 5. The van der Waals surface area contributed by atoms with E-state index in [1.54, 1.807) is 19.5 Å². The highest BCUT2D eigenvalue weighted by Crippen LogP contribution is 2.34. The summed E-state index contributed by atoms with van der Waals surface area (Å²) >= 11 is 6.07. The van der Waals surface area contributed by atoms with Crippen molar-refractivity contribution in [1.82, 2.24) is 9.97 Å². The van der Waals surface area contributed by atoms with E-state index in [1.807, 2.05) is 24.3 Å². The molecule has 1 aromatic heterocycles. The third-order valence-corrected chi connectivity index (χ3v) is 5.18. The Hall–Kier alpha value is -1.69. The lowest BCUT2D eigenvalue weighted by Gasteiger charge is -2.38. The molecule has 1 N–H and O–H groups in total. The smallest absolute Gasteiger partial charge is 0.154 e. The lowest BCUT2D eigenvalue weighted by Crippen LogP contribution is -2.43. The van der Waals surface area contributed by atoms with E-state index in [9.17, 15) is 5.11 Å². The lowest BCUT2D eigenvalue weighted by molar-refractivity contribution is 0.0127. The number of ether oxygens (including phenoxy) is 1. The molecule has 1 fully saturated rings. The van der Waals surface area contributed by atoms with Crippen LogP contribution in [0.25, 0.3) is 0 Å². The van der Waals surface area contributed by atoms with Gasteiger partial charge in [0.1, 0.15) is 0 Å². The lowest BCUT2D eigenvalue weighted by atomic mass is 9.84. The van der Waals surface area contributed by atoms with Gasteiger partial charge < -0.3 is 14.7 Å². The number of aliphatic hydroxyl groups is 1. The van der Waals surface area contributed by atoms with Crippen LogP contribution in [0.2, 0.25) is 5.02 Å². The highest BCUT2D eigenvalue weighted by molar-refractivity contribution is 6.30. The predicted molar refractivity (Wildman–Crippen MR) is 104 cm³/mol. The fourth-order valence-corrected chi connectivity index (χ4v) is 3.66. The SMILES string of the molecule is COCCc1nccnc1N(CC1(O)CCCCC1)c1ccc(Cl)cc1. The average molecular weight is 376 g/mol. The molecule has 0 amide bonds. The van der Waals surface area contributed by atoms with Crippen molar-refractivity contribution >= 4 is 23.1 Å². The first kappa shape index (κ1) is 19.1. The maximum absolute atomic E-state index is 11.1. The summed E-state index contributed by atoms with van der Waals surface area (Å²) in [5.74, 6) is 0.769. The normalized spacial score (nSPS) is 16.4. The van der Waals surface area contributed by atoms with Gasteiger partial charge in [0.25, 0.3) is 0 Å². The fraction of sp³-hybridized carbons (Fsp3) is 0.500. The number of aromatic nitrogens is 2. The monoisotopic (exact) mass is 375 g/mol. The number of benzene rings is 1. The molecule has 2 aromatic rings. The molecule has 1 heterocycles. The molecule has 0 saturated heterocycles. The Balaban J connectivity index is 1.96. The van der Waals surface area contributed by atoms with Crippen LogP contribution in [0.3, 0.4) is 0 Å². The first-order valence-electron chi connectivity index (χ1n) is 9.16. The summed E-state index contributed by atoms with van der Waals surface area (Å²) < 4.78 is 5.22. The summed E-state index contributed by atoms with van der Waals surface area (Å²) in [4.78, 5) is 11.2. The van der Waals surface area contributed by atoms with Gasteiger partial charge in [-0.1, -0.05) is 30.9 Å². The van der Waals surface area contributed by atoms with E-state index >= 15 is 0 Å². The topological polar surface area (TPSA) is 58.5 Å². The van der Waals surface area contributed by atoms with Gasteiger partial charge >= 0.3 is 0 Å². The van der Waals surface area contributed by atoms with Crippen LogP contribution in [0.4, 0.5) is 11.5 Å². The third kappa shape index (κ3) is 4.72. The fourth-order valence-electron chi connectivity index (χ4n) is 3.53. The van der Waals surface area contributed by atoms with Gasteiger partial charge in [-0.15, -0.1) is 0 Å². The number of nitrogens with zero attached hydrogens (tertiary/aromatic N) is 3. The van der Waals surface area contributed by atoms with Crippen LogP contribution in [-0.2, 0) is 11.2 Å². The van der Waals surface area contributed by atoms with E-state index in [0.717, 1.165) is 42.9 Å². The standard InChI is InChI=1S/C20H26ClN3O2/c1-26-14-9-18-19(23-13-12-22-18)24(17-7-5-16(21)6-8-17)15-20(25)10-3-2-4-11-20/h5-8,12-13,25H,2-4,9-11,14-15H2,1H3. The van der Waals surface area contributed by atoms with Gasteiger partial charge in [0.05, 0.1) is 24.4 Å². The van der Waals surface area contributed by atoms with Crippen LogP contribution >= 0.6 is 11.6 Å². The predicted octanol–water partition coefficient (Wildman–Crippen LogP) is 4.15. The number of anilines is 2. The van der Waals surface area contributed by atoms with Crippen LogP contribution in [0.1, 0.15) is 37.8 Å². The summed E-state index contributed by atoms with van der Waals surface area (Å²) in [5, 5.41) is 11.8. The van der Waals surface area contributed by atoms with Gasteiger partial charge in [-0.3, -0.25) is 4.98 Å². The van der Waals surface area contributed by atoms with Crippen molar-refractivity contribution in [3.63, 3.8) is 0 Å². The van der Waals surface area contributed by atoms with E-state index in [0.29, 0.717) is 24.6 Å². The Morgan fingerprint density at radius 1 is 1.12 bits per heavy atom. The molecule has 0 radical (unpaired) electrons. The van der Waals surface area contributed by atoms with E-state index in [2.05, 4.69) is 14.9 Å². The van der Waals surface area contributed by atoms with Crippen LogP contribution in [0, 0.1) is 0 Å².